The minimum Gasteiger partial charge on any atom is -0.309 e. The van der Waals surface area contributed by atoms with E-state index in [1.807, 2.05) is 0 Å². The zero-order chi connectivity index (χ0) is 11.8. The van der Waals surface area contributed by atoms with Gasteiger partial charge in [-0.2, -0.15) is 0 Å². The number of hydrogen-bond acceptors (Lipinski definition) is 2. The lowest BCUT2D eigenvalue weighted by Gasteiger charge is -2.25. The van der Waals surface area contributed by atoms with Gasteiger partial charge in [0.05, 0.1) is 0 Å². The van der Waals surface area contributed by atoms with Gasteiger partial charge in [-0.25, -0.2) is 0 Å². The van der Waals surface area contributed by atoms with Gasteiger partial charge in [0.1, 0.15) is 0 Å². The number of rotatable bonds is 8. The third-order valence-corrected chi connectivity index (χ3v) is 3.66. The van der Waals surface area contributed by atoms with Crippen molar-refractivity contribution in [2.75, 3.05) is 46.1 Å². The monoisotopic (exact) mass is 278 g/mol. The van der Waals surface area contributed by atoms with Gasteiger partial charge in [0.15, 0.2) is 0 Å². The lowest BCUT2D eigenvalue weighted by Crippen LogP contribution is -2.31. The van der Waals surface area contributed by atoms with Crippen LogP contribution in [0.3, 0.4) is 0 Å². The van der Waals surface area contributed by atoms with Crippen LogP contribution in [0.2, 0.25) is 0 Å². The van der Waals surface area contributed by atoms with Crippen LogP contribution in [0, 0.1) is 11.8 Å². The van der Waals surface area contributed by atoms with E-state index in [1.165, 1.54) is 26.1 Å². The summed E-state index contributed by atoms with van der Waals surface area (Å²) in [5, 5.41) is 1.11. The Kier molecular flexibility index (Phi) is 8.77. The number of halogens is 1. The van der Waals surface area contributed by atoms with Gasteiger partial charge in [-0.05, 0) is 52.5 Å². The van der Waals surface area contributed by atoms with Gasteiger partial charge in [-0.3, -0.25) is 0 Å². The normalized spacial score (nSPS) is 14.2. The van der Waals surface area contributed by atoms with E-state index >= 15 is 0 Å². The summed E-state index contributed by atoms with van der Waals surface area (Å²) in [5.74, 6) is 1.54. The fourth-order valence-electron chi connectivity index (χ4n) is 1.59. The van der Waals surface area contributed by atoms with Gasteiger partial charge < -0.3 is 9.80 Å². The van der Waals surface area contributed by atoms with Crippen molar-refractivity contribution < 1.29 is 0 Å². The standard InChI is InChI=1S/C12H27BrN2/c1-11(2)12(9-13)10-15(5)8-6-7-14(3)4/h11-12H,6-10H2,1-5H3. The first-order valence-electron chi connectivity index (χ1n) is 5.86. The van der Waals surface area contributed by atoms with Crippen LogP contribution in [-0.4, -0.2) is 55.9 Å². The molecular weight excluding hydrogens is 252 g/mol. The van der Waals surface area contributed by atoms with E-state index in [0.717, 1.165) is 17.2 Å². The molecule has 0 saturated carbocycles. The van der Waals surface area contributed by atoms with E-state index in [4.69, 9.17) is 0 Å². The molecule has 15 heavy (non-hydrogen) atoms. The molecule has 0 N–H and O–H groups in total. The maximum Gasteiger partial charge on any atom is 0.00743 e. The molecule has 2 nitrogen and oxygen atoms in total. The molecule has 0 saturated heterocycles. The number of nitrogens with zero attached hydrogens (tertiary/aromatic N) is 2. The van der Waals surface area contributed by atoms with Crippen molar-refractivity contribution in [2.24, 2.45) is 11.8 Å². The third kappa shape index (κ3) is 8.23. The molecule has 0 fully saturated rings. The highest BCUT2D eigenvalue weighted by Crippen LogP contribution is 2.14. The van der Waals surface area contributed by atoms with Crippen molar-refractivity contribution in [3.8, 4) is 0 Å². The summed E-state index contributed by atoms with van der Waals surface area (Å²) in [6, 6.07) is 0. The van der Waals surface area contributed by atoms with Crippen LogP contribution in [0.15, 0.2) is 0 Å². The van der Waals surface area contributed by atoms with Crippen LogP contribution in [0.5, 0.6) is 0 Å². The highest BCUT2D eigenvalue weighted by atomic mass is 79.9. The van der Waals surface area contributed by atoms with E-state index < -0.39 is 0 Å². The predicted octanol–water partition coefficient (Wildman–Crippen LogP) is 2.54. The van der Waals surface area contributed by atoms with Gasteiger partial charge in [0.25, 0.3) is 0 Å². The quantitative estimate of drug-likeness (QED) is 0.630. The lowest BCUT2D eigenvalue weighted by molar-refractivity contribution is 0.241. The van der Waals surface area contributed by atoms with Gasteiger partial charge in [-0.1, -0.05) is 29.8 Å². The molecule has 0 aliphatic rings. The minimum atomic E-state index is 0.765. The van der Waals surface area contributed by atoms with Crippen LogP contribution >= 0.6 is 15.9 Å². The van der Waals surface area contributed by atoms with E-state index in [-0.39, 0.29) is 0 Å². The Bertz CT molecular complexity index is 149. The summed E-state index contributed by atoms with van der Waals surface area (Å²) >= 11 is 3.60. The minimum absolute atomic E-state index is 0.765. The lowest BCUT2D eigenvalue weighted by atomic mass is 9.97. The Balaban J connectivity index is 3.66. The first-order valence-corrected chi connectivity index (χ1v) is 6.98. The molecule has 0 heterocycles. The van der Waals surface area contributed by atoms with Crippen molar-refractivity contribution in [3.05, 3.63) is 0 Å². The zero-order valence-electron chi connectivity index (χ0n) is 11.0. The van der Waals surface area contributed by atoms with E-state index in [9.17, 15) is 0 Å². The number of alkyl halides is 1. The van der Waals surface area contributed by atoms with Crippen LogP contribution < -0.4 is 0 Å². The Labute approximate surface area is 104 Å². The van der Waals surface area contributed by atoms with Gasteiger partial charge in [0, 0.05) is 11.9 Å². The van der Waals surface area contributed by atoms with Gasteiger partial charge >= 0.3 is 0 Å². The SMILES string of the molecule is CC(C)C(CBr)CN(C)CCCN(C)C. The summed E-state index contributed by atoms with van der Waals surface area (Å²) in [6.45, 7) is 8.20. The molecule has 0 radical (unpaired) electrons. The van der Waals surface area contributed by atoms with Crippen molar-refractivity contribution in [3.63, 3.8) is 0 Å². The van der Waals surface area contributed by atoms with Crippen molar-refractivity contribution in [2.45, 2.75) is 20.3 Å². The van der Waals surface area contributed by atoms with E-state index in [2.05, 4.69) is 60.7 Å². The third-order valence-electron chi connectivity index (χ3n) is 2.83. The molecule has 1 unspecified atom stereocenters. The van der Waals surface area contributed by atoms with E-state index in [1.54, 1.807) is 0 Å². The zero-order valence-corrected chi connectivity index (χ0v) is 12.5. The fraction of sp³-hybridized carbons (Fsp3) is 1.00. The van der Waals surface area contributed by atoms with Crippen molar-refractivity contribution in [1.82, 2.24) is 9.80 Å². The second kappa shape index (κ2) is 8.54. The molecule has 0 amide bonds. The van der Waals surface area contributed by atoms with Gasteiger partial charge in [-0.15, -0.1) is 0 Å². The molecule has 0 aromatic carbocycles. The first kappa shape index (κ1) is 15.4. The Morgan fingerprint density at radius 3 is 2.07 bits per heavy atom. The Morgan fingerprint density at radius 2 is 1.67 bits per heavy atom. The number of hydrogen-bond donors (Lipinski definition) is 0. The van der Waals surface area contributed by atoms with Gasteiger partial charge in [0.2, 0.25) is 0 Å². The second-order valence-corrected chi connectivity index (χ2v) is 5.72. The summed E-state index contributed by atoms with van der Waals surface area (Å²) in [5.41, 5.74) is 0. The largest absolute Gasteiger partial charge is 0.309 e. The van der Waals surface area contributed by atoms with Crippen LogP contribution in [0.25, 0.3) is 0 Å². The summed E-state index contributed by atoms with van der Waals surface area (Å²) in [7, 11) is 6.50. The first-order chi connectivity index (χ1) is 6.97. The molecule has 0 aromatic heterocycles. The second-order valence-electron chi connectivity index (χ2n) is 5.08. The van der Waals surface area contributed by atoms with Crippen molar-refractivity contribution >= 4 is 15.9 Å². The highest BCUT2D eigenvalue weighted by Gasteiger charge is 2.13. The Hall–Kier alpha value is 0.400. The summed E-state index contributed by atoms with van der Waals surface area (Å²) < 4.78 is 0. The molecule has 0 rings (SSSR count). The molecule has 0 aromatic rings. The molecule has 0 aliphatic heterocycles. The van der Waals surface area contributed by atoms with Crippen LogP contribution in [0.4, 0.5) is 0 Å². The summed E-state index contributed by atoms with van der Waals surface area (Å²) in [4.78, 5) is 4.70. The molecule has 0 bridgehead atoms. The van der Waals surface area contributed by atoms with Crippen LogP contribution in [0.1, 0.15) is 20.3 Å². The highest BCUT2D eigenvalue weighted by molar-refractivity contribution is 9.09. The molecule has 92 valence electrons. The van der Waals surface area contributed by atoms with Crippen LogP contribution in [-0.2, 0) is 0 Å². The molecule has 3 heteroatoms. The molecule has 0 aliphatic carbocycles. The maximum atomic E-state index is 3.60. The maximum absolute atomic E-state index is 3.60. The predicted molar refractivity (Wildman–Crippen MR) is 72.8 cm³/mol. The Morgan fingerprint density at radius 1 is 1.07 bits per heavy atom. The molecule has 1 atom stereocenters. The van der Waals surface area contributed by atoms with E-state index in [0.29, 0.717) is 0 Å². The van der Waals surface area contributed by atoms with Crippen molar-refractivity contribution in [1.29, 1.82) is 0 Å². The topological polar surface area (TPSA) is 6.48 Å². The summed E-state index contributed by atoms with van der Waals surface area (Å²) in [6.07, 6.45) is 1.26. The fourth-order valence-corrected chi connectivity index (χ4v) is 2.54. The average Bonchev–Trinajstić information content (AvgIpc) is 2.13. The average molecular weight is 279 g/mol. The smallest absolute Gasteiger partial charge is 0.00743 e. The molecular formula is C12H27BrN2. The molecule has 0 spiro atoms.